The maximum atomic E-state index is 5.88. The zero-order valence-corrected chi connectivity index (χ0v) is 11.9. The molecule has 0 aliphatic carbocycles. The summed E-state index contributed by atoms with van der Waals surface area (Å²) in [4.78, 5) is 0. The van der Waals surface area contributed by atoms with Crippen molar-refractivity contribution in [3.8, 4) is 0 Å². The first-order valence-electron chi connectivity index (χ1n) is 6.42. The molecule has 96 valence electrons. The van der Waals surface area contributed by atoms with Gasteiger partial charge in [-0.15, -0.1) is 0 Å². The largest absolute Gasteiger partial charge is 0.374 e. The zero-order valence-electron chi connectivity index (χ0n) is 11.0. The van der Waals surface area contributed by atoms with E-state index in [9.17, 15) is 0 Å². The monoisotopic (exact) mass is 260 g/mol. The van der Waals surface area contributed by atoms with Gasteiger partial charge in [0.05, 0.1) is 12.7 Å². The van der Waals surface area contributed by atoms with Crippen LogP contribution < -0.4 is 0 Å². The summed E-state index contributed by atoms with van der Waals surface area (Å²) in [6.07, 6.45) is 0.136. The van der Waals surface area contributed by atoms with Gasteiger partial charge in [0.15, 0.2) is 0 Å². The third-order valence-corrected chi connectivity index (χ3v) is 3.81. The number of ether oxygens (including phenoxy) is 1. The normalized spacial score (nSPS) is 14.6. The second-order valence-corrected chi connectivity index (χ2v) is 5.24. The van der Waals surface area contributed by atoms with Gasteiger partial charge in [-0.25, -0.2) is 0 Å². The Morgan fingerprint density at radius 1 is 1.06 bits per heavy atom. The van der Waals surface area contributed by atoms with Gasteiger partial charge in [0.1, 0.15) is 0 Å². The molecule has 0 amide bonds. The molecule has 2 aromatic rings. The van der Waals surface area contributed by atoms with Crippen molar-refractivity contribution in [2.75, 3.05) is 12.4 Å². The molecule has 0 aliphatic rings. The second kappa shape index (κ2) is 6.26. The van der Waals surface area contributed by atoms with Gasteiger partial charge in [-0.05, 0) is 41.0 Å². The fourth-order valence-corrected chi connectivity index (χ4v) is 2.02. The molecule has 0 saturated carbocycles. The Balaban J connectivity index is 2.10. The quantitative estimate of drug-likeness (QED) is 0.780. The third-order valence-electron chi connectivity index (χ3n) is 3.19. The van der Waals surface area contributed by atoms with Gasteiger partial charge in [0.25, 0.3) is 0 Å². The summed E-state index contributed by atoms with van der Waals surface area (Å²) in [5.41, 5.74) is 1.24. The van der Waals surface area contributed by atoms with Crippen LogP contribution in [-0.2, 0) is 4.74 Å². The summed E-state index contributed by atoms with van der Waals surface area (Å²) in [6, 6.07) is 14.9. The number of fused-ring (bicyclic) bond motifs is 1. The number of benzene rings is 2. The molecule has 0 heterocycles. The van der Waals surface area contributed by atoms with Gasteiger partial charge < -0.3 is 4.74 Å². The van der Waals surface area contributed by atoms with Crippen LogP contribution >= 0.6 is 12.6 Å². The van der Waals surface area contributed by atoms with Crippen LogP contribution in [0.1, 0.15) is 25.5 Å². The van der Waals surface area contributed by atoms with Crippen LogP contribution in [0.5, 0.6) is 0 Å². The molecule has 2 rings (SSSR count). The Labute approximate surface area is 115 Å². The molecule has 0 saturated heterocycles. The summed E-state index contributed by atoms with van der Waals surface area (Å²) < 4.78 is 5.88. The number of rotatable bonds is 5. The van der Waals surface area contributed by atoms with Gasteiger partial charge in [-0.1, -0.05) is 43.3 Å². The van der Waals surface area contributed by atoms with Crippen LogP contribution in [0.15, 0.2) is 42.5 Å². The average Bonchev–Trinajstić information content (AvgIpc) is 2.43. The first-order valence-corrected chi connectivity index (χ1v) is 7.05. The first kappa shape index (κ1) is 13.4. The topological polar surface area (TPSA) is 9.23 Å². The van der Waals surface area contributed by atoms with E-state index in [-0.39, 0.29) is 6.10 Å². The fraction of sp³-hybridized carbons (Fsp3) is 0.375. The Bertz CT molecular complexity index is 509. The van der Waals surface area contributed by atoms with Gasteiger partial charge in [0, 0.05) is 0 Å². The zero-order chi connectivity index (χ0) is 13.0. The second-order valence-electron chi connectivity index (χ2n) is 4.87. The van der Waals surface area contributed by atoms with E-state index < -0.39 is 0 Å². The Hall–Kier alpha value is -0.990. The van der Waals surface area contributed by atoms with Crippen LogP contribution in [0.25, 0.3) is 10.8 Å². The molecule has 0 bridgehead atoms. The van der Waals surface area contributed by atoms with Gasteiger partial charge >= 0.3 is 0 Å². The van der Waals surface area contributed by atoms with E-state index in [1.54, 1.807) is 0 Å². The highest BCUT2D eigenvalue weighted by Gasteiger charge is 2.08. The van der Waals surface area contributed by atoms with Crippen LogP contribution in [0.2, 0.25) is 0 Å². The molecule has 1 nitrogen and oxygen atoms in total. The van der Waals surface area contributed by atoms with Crippen molar-refractivity contribution >= 4 is 23.4 Å². The van der Waals surface area contributed by atoms with Crippen molar-refractivity contribution in [2.45, 2.75) is 20.0 Å². The molecule has 0 N–H and O–H groups in total. The fourth-order valence-electron chi connectivity index (χ4n) is 1.92. The lowest BCUT2D eigenvalue weighted by Crippen LogP contribution is -2.10. The summed E-state index contributed by atoms with van der Waals surface area (Å²) >= 11 is 4.27. The van der Waals surface area contributed by atoms with Gasteiger partial charge in [-0.2, -0.15) is 12.6 Å². The number of thiol groups is 1. The van der Waals surface area contributed by atoms with Crippen molar-refractivity contribution in [3.63, 3.8) is 0 Å². The highest BCUT2D eigenvalue weighted by atomic mass is 32.1. The van der Waals surface area contributed by atoms with E-state index >= 15 is 0 Å². The minimum absolute atomic E-state index is 0.136. The number of hydrogen-bond donors (Lipinski definition) is 1. The van der Waals surface area contributed by atoms with Crippen LogP contribution in [0.4, 0.5) is 0 Å². The summed E-state index contributed by atoms with van der Waals surface area (Å²) in [7, 11) is 0. The van der Waals surface area contributed by atoms with Crippen molar-refractivity contribution < 1.29 is 4.74 Å². The molecule has 0 fully saturated rings. The molecule has 0 aliphatic heterocycles. The van der Waals surface area contributed by atoms with Crippen LogP contribution in [0.3, 0.4) is 0 Å². The molecule has 2 aromatic carbocycles. The van der Waals surface area contributed by atoms with E-state index in [0.29, 0.717) is 5.92 Å². The minimum Gasteiger partial charge on any atom is -0.374 e. The molecule has 2 heteroatoms. The molecule has 0 radical (unpaired) electrons. The highest BCUT2D eigenvalue weighted by Crippen LogP contribution is 2.23. The van der Waals surface area contributed by atoms with E-state index in [4.69, 9.17) is 4.74 Å². The molecule has 18 heavy (non-hydrogen) atoms. The molecule has 2 atom stereocenters. The van der Waals surface area contributed by atoms with Gasteiger partial charge in [0.2, 0.25) is 0 Å². The average molecular weight is 260 g/mol. The lowest BCUT2D eigenvalue weighted by Gasteiger charge is -2.16. The standard InChI is InChI=1S/C16H20OS/c1-12(11-18)10-17-13(2)15-8-7-14-5-3-4-6-16(14)9-15/h3-9,12-13,18H,10-11H2,1-2H3. The highest BCUT2D eigenvalue weighted by molar-refractivity contribution is 7.80. The van der Waals surface area contributed by atoms with E-state index in [1.807, 2.05) is 0 Å². The van der Waals surface area contributed by atoms with Crippen molar-refractivity contribution in [3.05, 3.63) is 48.0 Å². The van der Waals surface area contributed by atoms with E-state index in [0.717, 1.165) is 12.4 Å². The number of hydrogen-bond acceptors (Lipinski definition) is 2. The maximum absolute atomic E-state index is 5.88. The molecule has 0 spiro atoms. The predicted octanol–water partition coefficient (Wildman–Crippen LogP) is 4.48. The van der Waals surface area contributed by atoms with Crippen molar-refractivity contribution in [1.82, 2.24) is 0 Å². The van der Waals surface area contributed by atoms with Crippen molar-refractivity contribution in [2.24, 2.45) is 5.92 Å². The van der Waals surface area contributed by atoms with Gasteiger partial charge in [-0.3, -0.25) is 0 Å². The minimum atomic E-state index is 0.136. The SMILES string of the molecule is CC(CS)COC(C)c1ccc2ccccc2c1. The summed E-state index contributed by atoms with van der Waals surface area (Å²) in [6.45, 7) is 5.02. The molecule has 0 aromatic heterocycles. The molecular formula is C16H20OS. The van der Waals surface area contributed by atoms with Crippen molar-refractivity contribution in [1.29, 1.82) is 0 Å². The predicted molar refractivity (Wildman–Crippen MR) is 81.3 cm³/mol. The van der Waals surface area contributed by atoms with E-state index in [2.05, 4.69) is 68.9 Å². The Morgan fingerprint density at radius 3 is 2.50 bits per heavy atom. The first-order chi connectivity index (χ1) is 8.70. The Morgan fingerprint density at radius 2 is 1.78 bits per heavy atom. The van der Waals surface area contributed by atoms with E-state index in [1.165, 1.54) is 16.3 Å². The summed E-state index contributed by atoms with van der Waals surface area (Å²) in [5.74, 6) is 1.36. The maximum Gasteiger partial charge on any atom is 0.0797 e. The lowest BCUT2D eigenvalue weighted by atomic mass is 10.0. The Kier molecular flexibility index (Phi) is 4.67. The summed E-state index contributed by atoms with van der Waals surface area (Å²) in [5, 5.41) is 2.55. The molecular weight excluding hydrogens is 240 g/mol. The lowest BCUT2D eigenvalue weighted by molar-refractivity contribution is 0.0480. The van der Waals surface area contributed by atoms with Crippen LogP contribution in [0, 0.1) is 5.92 Å². The third kappa shape index (κ3) is 3.27. The van der Waals surface area contributed by atoms with Crippen LogP contribution in [-0.4, -0.2) is 12.4 Å². The molecule has 2 unspecified atom stereocenters. The smallest absolute Gasteiger partial charge is 0.0797 e.